The van der Waals surface area contributed by atoms with Gasteiger partial charge in [-0.05, 0) is 31.4 Å². The van der Waals surface area contributed by atoms with Gasteiger partial charge in [-0.15, -0.1) is 12.4 Å². The lowest BCUT2D eigenvalue weighted by Crippen LogP contribution is -2.43. The molecule has 0 radical (unpaired) electrons. The highest BCUT2D eigenvalue weighted by Gasteiger charge is 2.27. The Morgan fingerprint density at radius 3 is 2.56 bits per heavy atom. The predicted octanol–water partition coefficient (Wildman–Crippen LogP) is 2.29. The van der Waals surface area contributed by atoms with Crippen LogP contribution in [0.4, 0.5) is 0 Å². The van der Waals surface area contributed by atoms with Gasteiger partial charge in [-0.25, -0.2) is 0 Å². The molecule has 1 aliphatic carbocycles. The van der Waals surface area contributed by atoms with Crippen molar-refractivity contribution in [2.45, 2.75) is 31.9 Å². The smallest absolute Gasteiger partial charge is 0.125 e. The molecule has 0 aliphatic heterocycles. The average molecular weight is 244 g/mol. The highest BCUT2D eigenvalue weighted by atomic mass is 35.5. The van der Waals surface area contributed by atoms with Crippen LogP contribution in [0.5, 0.6) is 11.5 Å². The van der Waals surface area contributed by atoms with E-state index in [0.29, 0.717) is 6.04 Å². The summed E-state index contributed by atoms with van der Waals surface area (Å²) in [6.45, 7) is 2.02. The zero-order chi connectivity index (χ0) is 10.8. The second kappa shape index (κ2) is 5.41. The molecule has 16 heavy (non-hydrogen) atoms. The first-order valence-corrected chi connectivity index (χ1v) is 5.26. The van der Waals surface area contributed by atoms with Gasteiger partial charge in [0.25, 0.3) is 0 Å². The molecule has 0 saturated heterocycles. The Morgan fingerprint density at radius 1 is 1.31 bits per heavy atom. The Hall–Kier alpha value is -0.930. The number of methoxy groups -OCH3 is 1. The average Bonchev–Trinajstić information content (AvgIpc) is 2.18. The molecule has 90 valence electrons. The van der Waals surface area contributed by atoms with Crippen LogP contribution >= 0.6 is 12.4 Å². The molecule has 1 aliphatic rings. The van der Waals surface area contributed by atoms with Gasteiger partial charge in [0.05, 0.1) is 7.11 Å². The molecule has 0 amide bonds. The van der Waals surface area contributed by atoms with Crippen molar-refractivity contribution in [3.8, 4) is 11.5 Å². The minimum Gasteiger partial charge on any atom is -0.496 e. The second-order valence-corrected chi connectivity index (χ2v) is 4.10. The number of nitrogens with two attached hydrogens (primary N) is 1. The van der Waals surface area contributed by atoms with Crippen LogP contribution in [0, 0.1) is 6.92 Å². The predicted molar refractivity (Wildman–Crippen MR) is 66.6 cm³/mol. The third-order valence-corrected chi connectivity index (χ3v) is 2.81. The molecule has 0 heterocycles. The van der Waals surface area contributed by atoms with Crippen LogP contribution in [0.1, 0.15) is 18.4 Å². The summed E-state index contributed by atoms with van der Waals surface area (Å²) < 4.78 is 11.0. The lowest BCUT2D eigenvalue weighted by Gasteiger charge is -2.32. The van der Waals surface area contributed by atoms with Gasteiger partial charge >= 0.3 is 0 Å². The number of ether oxygens (including phenoxy) is 2. The normalized spacial score (nSPS) is 22.9. The first-order chi connectivity index (χ1) is 7.19. The van der Waals surface area contributed by atoms with Crippen LogP contribution in [-0.2, 0) is 0 Å². The standard InChI is InChI=1S/C12H17NO2.ClH/c1-8-3-4-10(7-12(8)14-2)15-11-5-9(13)6-11;/h3-4,7,9,11H,5-6,13H2,1-2H3;1H. The molecule has 1 saturated carbocycles. The van der Waals surface area contributed by atoms with Crippen LogP contribution in [0.25, 0.3) is 0 Å². The van der Waals surface area contributed by atoms with E-state index in [4.69, 9.17) is 15.2 Å². The molecular weight excluding hydrogens is 226 g/mol. The van der Waals surface area contributed by atoms with Crippen molar-refractivity contribution in [1.82, 2.24) is 0 Å². The first kappa shape index (κ1) is 13.1. The summed E-state index contributed by atoms with van der Waals surface area (Å²) in [5.74, 6) is 1.74. The summed E-state index contributed by atoms with van der Waals surface area (Å²) in [5, 5.41) is 0. The Kier molecular flexibility index (Phi) is 4.44. The first-order valence-electron chi connectivity index (χ1n) is 5.26. The van der Waals surface area contributed by atoms with E-state index in [0.717, 1.165) is 29.9 Å². The van der Waals surface area contributed by atoms with E-state index >= 15 is 0 Å². The maximum Gasteiger partial charge on any atom is 0.125 e. The number of aryl methyl sites for hydroxylation is 1. The van der Waals surface area contributed by atoms with E-state index < -0.39 is 0 Å². The van der Waals surface area contributed by atoms with Crippen molar-refractivity contribution >= 4 is 12.4 Å². The molecular formula is C12H18ClNO2. The van der Waals surface area contributed by atoms with E-state index in [9.17, 15) is 0 Å². The molecule has 0 aromatic heterocycles. The zero-order valence-electron chi connectivity index (χ0n) is 9.60. The Bertz CT molecular complexity index is 351. The molecule has 0 atom stereocenters. The van der Waals surface area contributed by atoms with Gasteiger partial charge in [0, 0.05) is 12.1 Å². The van der Waals surface area contributed by atoms with Gasteiger partial charge in [0.1, 0.15) is 17.6 Å². The Labute approximate surface area is 102 Å². The topological polar surface area (TPSA) is 44.5 Å². The van der Waals surface area contributed by atoms with Gasteiger partial charge in [0.15, 0.2) is 0 Å². The summed E-state index contributed by atoms with van der Waals surface area (Å²) >= 11 is 0. The largest absolute Gasteiger partial charge is 0.496 e. The van der Waals surface area contributed by atoms with Crippen molar-refractivity contribution in [3.05, 3.63) is 23.8 Å². The molecule has 3 nitrogen and oxygen atoms in total. The Balaban J connectivity index is 0.00000128. The van der Waals surface area contributed by atoms with Crippen LogP contribution in [0.3, 0.4) is 0 Å². The second-order valence-electron chi connectivity index (χ2n) is 4.10. The fourth-order valence-electron chi connectivity index (χ4n) is 1.77. The highest BCUT2D eigenvalue weighted by Crippen LogP contribution is 2.28. The van der Waals surface area contributed by atoms with Gasteiger partial charge in [0.2, 0.25) is 0 Å². The zero-order valence-corrected chi connectivity index (χ0v) is 10.4. The van der Waals surface area contributed by atoms with Gasteiger partial charge in [-0.1, -0.05) is 6.07 Å². The van der Waals surface area contributed by atoms with Crippen molar-refractivity contribution in [2.24, 2.45) is 5.73 Å². The number of hydrogen-bond acceptors (Lipinski definition) is 3. The SMILES string of the molecule is COc1cc(OC2CC(N)C2)ccc1C.Cl. The van der Waals surface area contributed by atoms with Gasteiger partial charge in [-0.2, -0.15) is 0 Å². The molecule has 1 aromatic carbocycles. The van der Waals surface area contributed by atoms with E-state index in [2.05, 4.69) is 0 Å². The van der Waals surface area contributed by atoms with Crippen LogP contribution in [0.15, 0.2) is 18.2 Å². The van der Waals surface area contributed by atoms with Crippen LogP contribution in [0.2, 0.25) is 0 Å². The molecule has 0 unspecified atom stereocenters. The summed E-state index contributed by atoms with van der Waals surface area (Å²) in [6, 6.07) is 6.23. The summed E-state index contributed by atoms with van der Waals surface area (Å²) in [5.41, 5.74) is 6.82. The van der Waals surface area contributed by atoms with Crippen molar-refractivity contribution in [2.75, 3.05) is 7.11 Å². The highest BCUT2D eigenvalue weighted by molar-refractivity contribution is 5.85. The molecule has 1 aromatic rings. The quantitative estimate of drug-likeness (QED) is 0.886. The molecule has 0 spiro atoms. The van der Waals surface area contributed by atoms with E-state index in [1.807, 2.05) is 25.1 Å². The van der Waals surface area contributed by atoms with E-state index in [1.165, 1.54) is 0 Å². The third kappa shape index (κ3) is 2.80. The minimum absolute atomic E-state index is 0. The van der Waals surface area contributed by atoms with E-state index in [-0.39, 0.29) is 18.5 Å². The summed E-state index contributed by atoms with van der Waals surface area (Å²) in [6.07, 6.45) is 2.19. The number of halogens is 1. The maximum atomic E-state index is 5.76. The number of rotatable bonds is 3. The fraction of sp³-hybridized carbons (Fsp3) is 0.500. The molecule has 1 fully saturated rings. The lowest BCUT2D eigenvalue weighted by atomic mass is 9.90. The van der Waals surface area contributed by atoms with Crippen molar-refractivity contribution in [1.29, 1.82) is 0 Å². The number of hydrogen-bond donors (Lipinski definition) is 1. The minimum atomic E-state index is 0. The van der Waals surface area contributed by atoms with Gasteiger partial charge in [-0.3, -0.25) is 0 Å². The number of benzene rings is 1. The Morgan fingerprint density at radius 2 is 2.00 bits per heavy atom. The van der Waals surface area contributed by atoms with Crippen molar-refractivity contribution in [3.63, 3.8) is 0 Å². The molecule has 0 bridgehead atoms. The molecule has 2 N–H and O–H groups in total. The summed E-state index contributed by atoms with van der Waals surface area (Å²) in [7, 11) is 1.67. The van der Waals surface area contributed by atoms with E-state index in [1.54, 1.807) is 7.11 Å². The summed E-state index contributed by atoms with van der Waals surface area (Å²) in [4.78, 5) is 0. The molecule has 2 rings (SSSR count). The molecule has 4 heteroatoms. The van der Waals surface area contributed by atoms with Crippen LogP contribution in [-0.4, -0.2) is 19.3 Å². The maximum absolute atomic E-state index is 5.76. The van der Waals surface area contributed by atoms with Gasteiger partial charge < -0.3 is 15.2 Å². The van der Waals surface area contributed by atoms with Crippen LogP contribution < -0.4 is 15.2 Å². The van der Waals surface area contributed by atoms with Crippen molar-refractivity contribution < 1.29 is 9.47 Å². The third-order valence-electron chi connectivity index (χ3n) is 2.81. The fourth-order valence-corrected chi connectivity index (χ4v) is 1.77. The lowest BCUT2D eigenvalue weighted by molar-refractivity contribution is 0.101. The monoisotopic (exact) mass is 243 g/mol.